The molecule has 0 unspecified atom stereocenters. The number of hydrogen-bond acceptors (Lipinski definition) is 7. The van der Waals surface area contributed by atoms with E-state index < -0.39 is 59.4 Å². The fraction of sp³-hybridized carbons (Fsp3) is 0.267. The van der Waals surface area contributed by atoms with Crippen LogP contribution in [-0.2, 0) is 54.5 Å². The van der Waals surface area contributed by atoms with E-state index in [-0.39, 0.29) is 44.9 Å². The first-order valence-electron chi connectivity index (χ1n) is 19.3. The summed E-state index contributed by atoms with van der Waals surface area (Å²) < 4.78 is 1.68. The quantitative estimate of drug-likeness (QED) is 0.136. The van der Waals surface area contributed by atoms with Gasteiger partial charge in [-0.15, -0.1) is 0 Å². The molecule has 0 spiro atoms. The van der Waals surface area contributed by atoms with Gasteiger partial charge in [0.1, 0.15) is 12.1 Å². The molecule has 5 aromatic rings. The van der Waals surface area contributed by atoms with E-state index in [2.05, 4.69) is 26.4 Å². The number of carboxylic acid groups (broad SMARTS) is 1. The second-order valence-electron chi connectivity index (χ2n) is 14.4. The Balaban J connectivity index is 1.33. The van der Waals surface area contributed by atoms with Crippen LogP contribution >= 0.6 is 0 Å². The molecule has 7 rings (SSSR count). The zero-order chi connectivity index (χ0) is 40.9. The zero-order valence-corrected chi connectivity index (χ0v) is 31.9. The van der Waals surface area contributed by atoms with Gasteiger partial charge in [-0.05, 0) is 78.3 Å². The molecule has 4 atom stereocenters. The fourth-order valence-corrected chi connectivity index (χ4v) is 6.87. The van der Waals surface area contributed by atoms with Crippen molar-refractivity contribution in [2.24, 2.45) is 5.92 Å². The largest absolute Gasteiger partial charge is 0.481 e. The Morgan fingerprint density at radius 3 is 1.90 bits per heavy atom. The van der Waals surface area contributed by atoms with Gasteiger partial charge >= 0.3 is 5.97 Å². The van der Waals surface area contributed by atoms with Gasteiger partial charge in [0.25, 0.3) is 0 Å². The standard InChI is InChI=1S/C45H46N6O7/c52-40-29-34(45(57)58)26-32-12-17-35(18-13-32)47-41(53)22-23-42(54)48-37(21-16-30-8-3-1-4-9-30)43(55)50-39(44(56)49-38(40)27-31-10-5-2-6-11-31)28-33-14-19-36(20-15-33)51-25-7-24-46-51/h1-15,17-20,24-25,34,37-39H,16,21-23,26-29H2,(H,47,53)(H,48,54)(H,49,56)(H,50,55)(H,57,58)/t34-,37-,38-,39+/m1/s1. The Morgan fingerprint density at radius 1 is 0.638 bits per heavy atom. The third-order valence-electron chi connectivity index (χ3n) is 10.1. The lowest BCUT2D eigenvalue weighted by Crippen LogP contribution is -2.57. The molecule has 0 saturated heterocycles. The van der Waals surface area contributed by atoms with Crippen LogP contribution in [0.2, 0.25) is 0 Å². The molecule has 3 heterocycles. The number of aryl methyl sites for hydroxylation is 1. The molecule has 1 aromatic heterocycles. The van der Waals surface area contributed by atoms with Gasteiger partial charge in [0, 0.05) is 43.8 Å². The van der Waals surface area contributed by atoms with Crippen LogP contribution in [0.25, 0.3) is 5.69 Å². The SMILES string of the molecule is O=C1CCC(=O)N[C@H](CCc2ccccc2)C(=O)N[C@@H](Cc2ccc(-n3cccn3)cc2)C(=O)N[C@H](Cc2ccccc2)C(=O)C[C@H](C(=O)O)Cc2ccc(cc2)N1. The number of carbonyl (C=O) groups excluding carboxylic acids is 5. The van der Waals surface area contributed by atoms with E-state index in [9.17, 15) is 33.9 Å². The van der Waals surface area contributed by atoms with Gasteiger partial charge in [-0.1, -0.05) is 84.9 Å². The predicted octanol–water partition coefficient (Wildman–Crippen LogP) is 4.38. The lowest BCUT2D eigenvalue weighted by Gasteiger charge is -2.26. The second kappa shape index (κ2) is 19.8. The summed E-state index contributed by atoms with van der Waals surface area (Å²) in [6.07, 6.45) is 3.48. The van der Waals surface area contributed by atoms with Crippen molar-refractivity contribution < 1.29 is 33.9 Å². The average molecular weight is 783 g/mol. The van der Waals surface area contributed by atoms with Gasteiger partial charge < -0.3 is 26.4 Å². The number of nitrogens with zero attached hydrogens (tertiary/aromatic N) is 2. The molecule has 13 nitrogen and oxygen atoms in total. The van der Waals surface area contributed by atoms with Crippen LogP contribution in [0.4, 0.5) is 5.69 Å². The molecule has 2 bridgehead atoms. The maximum Gasteiger partial charge on any atom is 0.307 e. The molecule has 0 radical (unpaired) electrons. The Labute approximate surface area is 336 Å². The molecule has 2 aliphatic heterocycles. The van der Waals surface area contributed by atoms with Gasteiger partial charge in [0.2, 0.25) is 23.6 Å². The summed E-state index contributed by atoms with van der Waals surface area (Å²) in [5, 5.41) is 25.7. The number of nitrogens with one attached hydrogen (secondary N) is 4. The van der Waals surface area contributed by atoms with E-state index in [1.165, 1.54) is 0 Å². The normalized spacial score (nSPS) is 19.9. The number of aliphatic carboxylic acids is 1. The number of hydrogen-bond donors (Lipinski definition) is 5. The van der Waals surface area contributed by atoms with Crippen molar-refractivity contribution >= 4 is 41.1 Å². The molecule has 13 heteroatoms. The van der Waals surface area contributed by atoms with Gasteiger partial charge in [-0.2, -0.15) is 5.10 Å². The average Bonchev–Trinajstić information content (AvgIpc) is 3.77. The fourth-order valence-electron chi connectivity index (χ4n) is 6.87. The van der Waals surface area contributed by atoms with Crippen LogP contribution in [-0.4, -0.2) is 68.4 Å². The van der Waals surface area contributed by atoms with E-state index in [1.54, 1.807) is 47.4 Å². The predicted molar refractivity (Wildman–Crippen MR) is 217 cm³/mol. The Hall–Kier alpha value is -6.89. The summed E-state index contributed by atoms with van der Waals surface area (Å²) in [5.41, 5.74) is 4.25. The number of benzene rings is 4. The summed E-state index contributed by atoms with van der Waals surface area (Å²) in [4.78, 5) is 81.4. The van der Waals surface area contributed by atoms with E-state index in [4.69, 9.17) is 0 Å². The van der Waals surface area contributed by atoms with Crippen molar-refractivity contribution in [3.8, 4) is 5.69 Å². The molecular weight excluding hydrogens is 737 g/mol. The Morgan fingerprint density at radius 2 is 1.24 bits per heavy atom. The van der Waals surface area contributed by atoms with E-state index in [1.807, 2.05) is 84.9 Å². The highest BCUT2D eigenvalue weighted by Gasteiger charge is 2.32. The number of carbonyl (C=O) groups is 6. The van der Waals surface area contributed by atoms with E-state index in [0.717, 1.165) is 16.8 Å². The van der Waals surface area contributed by atoms with Crippen molar-refractivity contribution in [1.82, 2.24) is 25.7 Å². The van der Waals surface area contributed by atoms with Gasteiger partial charge in [-0.3, -0.25) is 28.8 Å². The lowest BCUT2D eigenvalue weighted by molar-refractivity contribution is -0.144. The van der Waals surface area contributed by atoms with Crippen molar-refractivity contribution in [1.29, 1.82) is 0 Å². The monoisotopic (exact) mass is 782 g/mol. The van der Waals surface area contributed by atoms with Crippen LogP contribution in [0.5, 0.6) is 0 Å². The minimum Gasteiger partial charge on any atom is -0.481 e. The highest BCUT2D eigenvalue weighted by atomic mass is 16.4. The summed E-state index contributed by atoms with van der Waals surface area (Å²) in [6.45, 7) is 0. The number of rotatable bonds is 9. The molecule has 298 valence electrons. The summed E-state index contributed by atoms with van der Waals surface area (Å²) in [5.74, 6) is -4.98. The van der Waals surface area contributed by atoms with Gasteiger partial charge in [0.05, 0.1) is 17.6 Å². The first-order chi connectivity index (χ1) is 28.1. The summed E-state index contributed by atoms with van der Waals surface area (Å²) >= 11 is 0. The third-order valence-corrected chi connectivity index (χ3v) is 10.1. The Bertz CT molecular complexity index is 2180. The second-order valence-corrected chi connectivity index (χ2v) is 14.4. The summed E-state index contributed by atoms with van der Waals surface area (Å²) in [6, 6.07) is 30.8. The number of Topliss-reactive ketones (excluding diaryl/α,β-unsaturated/α-hetero) is 1. The molecule has 5 N–H and O–H groups in total. The van der Waals surface area contributed by atoms with Crippen molar-refractivity contribution in [3.05, 3.63) is 150 Å². The number of ketones is 1. The molecule has 4 amide bonds. The van der Waals surface area contributed by atoms with Crippen LogP contribution in [0, 0.1) is 5.92 Å². The van der Waals surface area contributed by atoms with Crippen LogP contribution in [0.1, 0.15) is 47.9 Å². The number of aromatic nitrogens is 2. The highest BCUT2D eigenvalue weighted by Crippen LogP contribution is 2.19. The van der Waals surface area contributed by atoms with Crippen molar-refractivity contribution in [2.75, 3.05) is 5.32 Å². The van der Waals surface area contributed by atoms with Crippen LogP contribution in [0.15, 0.2) is 128 Å². The molecule has 4 aromatic carbocycles. The van der Waals surface area contributed by atoms with E-state index in [0.29, 0.717) is 23.2 Å². The van der Waals surface area contributed by atoms with Crippen molar-refractivity contribution in [2.45, 2.75) is 69.5 Å². The summed E-state index contributed by atoms with van der Waals surface area (Å²) in [7, 11) is 0. The first-order valence-corrected chi connectivity index (χ1v) is 19.3. The van der Waals surface area contributed by atoms with Crippen LogP contribution in [0.3, 0.4) is 0 Å². The minimum atomic E-state index is -1.21. The molecular formula is C45H46N6O7. The van der Waals surface area contributed by atoms with Crippen LogP contribution < -0.4 is 21.3 Å². The number of anilines is 1. The maximum atomic E-state index is 14.4. The molecule has 58 heavy (non-hydrogen) atoms. The molecule has 0 aliphatic carbocycles. The molecule has 0 fully saturated rings. The maximum absolute atomic E-state index is 14.4. The zero-order valence-electron chi connectivity index (χ0n) is 31.9. The van der Waals surface area contributed by atoms with Gasteiger partial charge in [-0.25, -0.2) is 4.68 Å². The first kappa shape index (κ1) is 40.8. The van der Waals surface area contributed by atoms with E-state index >= 15 is 0 Å². The number of amides is 4. The lowest BCUT2D eigenvalue weighted by atomic mass is 9.90. The topological polar surface area (TPSA) is 189 Å². The van der Waals surface area contributed by atoms with Crippen molar-refractivity contribution in [3.63, 3.8) is 0 Å². The number of carboxylic acids is 1. The number of fused-ring (bicyclic) bond motifs is 18. The third kappa shape index (κ3) is 11.8. The van der Waals surface area contributed by atoms with Gasteiger partial charge in [0.15, 0.2) is 5.78 Å². The molecule has 2 aliphatic rings. The minimum absolute atomic E-state index is 0.0241. The Kier molecular flexibility index (Phi) is 13.9. The molecule has 0 saturated carbocycles. The smallest absolute Gasteiger partial charge is 0.307 e. The highest BCUT2D eigenvalue weighted by molar-refractivity contribution is 5.97.